The minimum absolute atomic E-state index is 0. The predicted molar refractivity (Wildman–Crippen MR) is 25.4 cm³/mol. The van der Waals surface area contributed by atoms with Crippen LogP contribution in [0.5, 0.6) is 0 Å². The Morgan fingerprint density at radius 2 is 0.429 bits per heavy atom. The largest absolute Gasteiger partial charge is 2.00 e. The van der Waals surface area contributed by atoms with Crippen molar-refractivity contribution in [1.82, 2.24) is 0 Å². The third-order valence-corrected chi connectivity index (χ3v) is 0. The summed E-state index contributed by atoms with van der Waals surface area (Å²) in [5.41, 5.74) is 0. The maximum atomic E-state index is 0. The Hall–Kier alpha value is 0.669. The van der Waals surface area contributed by atoms with Gasteiger partial charge in [-0.2, -0.15) is 0 Å². The number of rotatable bonds is 0. The molecule has 0 heterocycles. The minimum Gasteiger partial charge on any atom is -2.00 e. The zero-order valence-electron chi connectivity index (χ0n) is 3.21. The fourth-order valence-electron chi connectivity index (χ4n) is 0. The van der Waals surface area contributed by atoms with Gasteiger partial charge in [0.25, 0.3) is 0 Å². The van der Waals surface area contributed by atoms with E-state index in [4.69, 9.17) is 0 Å². The third kappa shape index (κ3) is 324. The van der Waals surface area contributed by atoms with Gasteiger partial charge in [0.05, 0.1) is 0 Å². The van der Waals surface area contributed by atoms with E-state index >= 15 is 0 Å². The summed E-state index contributed by atoms with van der Waals surface area (Å²) >= 11 is 0. The van der Waals surface area contributed by atoms with Crippen LogP contribution in [0.2, 0.25) is 0 Å². The molecule has 7 heavy (non-hydrogen) atoms. The van der Waals surface area contributed by atoms with Gasteiger partial charge in [-0.1, -0.05) is 0 Å². The summed E-state index contributed by atoms with van der Waals surface area (Å²) < 4.78 is 0. The first kappa shape index (κ1) is 761. The molecule has 0 bridgehead atoms. The second kappa shape index (κ2) is 478. The van der Waals surface area contributed by atoms with Gasteiger partial charge in [0.2, 0.25) is 0 Å². The van der Waals surface area contributed by atoms with Crippen molar-refractivity contribution in [3.8, 4) is 0 Å². The Labute approximate surface area is 58.6 Å². The van der Waals surface area contributed by atoms with E-state index in [1.807, 2.05) is 0 Å². The van der Waals surface area contributed by atoms with E-state index in [0.29, 0.717) is 0 Å². The smallest absolute Gasteiger partial charge is 2.00 e. The number of hydrogen-bond acceptors (Lipinski definition) is 0. The van der Waals surface area contributed by atoms with Crippen LogP contribution in [0.15, 0.2) is 0 Å². The summed E-state index contributed by atoms with van der Waals surface area (Å²) in [6.07, 6.45) is 0. The molecule has 0 spiro atoms. The van der Waals surface area contributed by atoms with Gasteiger partial charge in [0.15, 0.2) is 0 Å². The van der Waals surface area contributed by atoms with E-state index in [2.05, 4.69) is 0 Å². The van der Waals surface area contributed by atoms with Crippen molar-refractivity contribution in [2.24, 2.45) is 0 Å². The third-order valence-electron chi connectivity index (χ3n) is 0. The van der Waals surface area contributed by atoms with Crippen LogP contribution in [0.25, 0.3) is 0 Å². The van der Waals surface area contributed by atoms with E-state index < -0.39 is 0 Å². The zero-order chi connectivity index (χ0) is 0. The molecule has 0 aromatic heterocycles. The first-order chi connectivity index (χ1) is 0. The molecule has 0 aliphatic carbocycles. The Bertz CT molecular complexity index is 8.04. The van der Waals surface area contributed by atoms with Crippen LogP contribution in [-0.4, -0.2) is 27.4 Å². The average Bonchev–Trinajstić information content (AvgIpc) is 0. The Morgan fingerprint density at radius 3 is 0.429 bits per heavy atom. The molecule has 57 valence electrons. The van der Waals surface area contributed by atoms with Crippen molar-refractivity contribution in [2.75, 3.05) is 0 Å². The topological polar surface area (TPSA) is 158 Å². The molecule has 0 aliphatic heterocycles. The molecule has 0 saturated carbocycles. The Morgan fingerprint density at radius 1 is 0.429 bits per heavy atom. The van der Waals surface area contributed by atoms with Crippen molar-refractivity contribution < 1.29 is 44.4 Å². The van der Waals surface area contributed by atoms with Crippen molar-refractivity contribution in [3.63, 3.8) is 0 Å². The summed E-state index contributed by atoms with van der Waals surface area (Å²) in [6.45, 7) is 0. The van der Waals surface area contributed by atoms with E-state index in [0.717, 1.165) is 0 Å². The van der Waals surface area contributed by atoms with Crippen LogP contribution in [-0.2, 0) is 30.6 Å². The molecule has 5 nitrogen and oxygen atoms in total. The second-order valence-electron chi connectivity index (χ2n) is 0. The van der Waals surface area contributed by atoms with Gasteiger partial charge >= 0.3 is 17.1 Å². The van der Waals surface area contributed by atoms with E-state index in [9.17, 15) is 0 Å². The maximum Gasteiger partial charge on any atom is 2.00 e. The molecule has 0 rings (SSSR count). The van der Waals surface area contributed by atoms with Gasteiger partial charge in [-0.25, -0.2) is 0 Å². The quantitative estimate of drug-likeness (QED) is 0.336. The normalized spacial score (nSPS) is 0. The summed E-state index contributed by atoms with van der Waals surface area (Å²) in [5.74, 6) is 0. The Balaban J connectivity index is 0. The minimum atomic E-state index is 0. The molecule has 0 aliphatic rings. The van der Waals surface area contributed by atoms with Crippen molar-refractivity contribution in [1.29, 1.82) is 0 Å². The summed E-state index contributed by atoms with van der Waals surface area (Å²) in [7, 11) is 0. The van der Waals surface area contributed by atoms with Crippen LogP contribution >= 0.6 is 0 Å². The van der Waals surface area contributed by atoms with Crippen LogP contribution in [0.3, 0.4) is 0 Å². The average molecular weight is 186 g/mol. The molecule has 0 saturated heterocycles. The molecule has 0 amide bonds. The SMILES string of the molecule is O.O.O.O.O.[Cu+2].[S-2]. The summed E-state index contributed by atoms with van der Waals surface area (Å²) in [4.78, 5) is 0. The van der Waals surface area contributed by atoms with Gasteiger partial charge in [-0.05, 0) is 0 Å². The fourth-order valence-corrected chi connectivity index (χ4v) is 0. The molecule has 0 fully saturated rings. The number of hydrogen-bond donors (Lipinski definition) is 0. The van der Waals surface area contributed by atoms with Crippen LogP contribution in [0, 0.1) is 0 Å². The standard InChI is InChI=1S/Cu.5H2O.S/h;5*1H2;/q+2;;;;;;-2. The van der Waals surface area contributed by atoms with Crippen molar-refractivity contribution in [3.05, 3.63) is 0 Å². The summed E-state index contributed by atoms with van der Waals surface area (Å²) in [5, 5.41) is 0. The van der Waals surface area contributed by atoms with E-state index in [1.165, 1.54) is 0 Å². The predicted octanol–water partition coefficient (Wildman–Crippen LogP) is -4.13. The van der Waals surface area contributed by atoms with Crippen molar-refractivity contribution in [2.45, 2.75) is 0 Å². The van der Waals surface area contributed by atoms with E-state index in [1.54, 1.807) is 0 Å². The van der Waals surface area contributed by atoms with Gasteiger partial charge in [0.1, 0.15) is 0 Å². The van der Waals surface area contributed by atoms with Crippen LogP contribution in [0.4, 0.5) is 0 Å². The molecule has 0 aromatic rings. The monoisotopic (exact) mass is 185 g/mol. The molecule has 0 atom stereocenters. The molecule has 7 heteroatoms. The van der Waals surface area contributed by atoms with Gasteiger partial charge < -0.3 is 40.9 Å². The zero-order valence-corrected chi connectivity index (χ0v) is 4.97. The second-order valence-corrected chi connectivity index (χ2v) is 0. The molecule has 10 N–H and O–H groups in total. The van der Waals surface area contributed by atoms with Crippen LogP contribution < -0.4 is 0 Å². The fraction of sp³-hybridized carbons (Fsp3) is 0. The van der Waals surface area contributed by atoms with Gasteiger partial charge in [-0.15, -0.1) is 0 Å². The molecule has 0 aromatic carbocycles. The Kier molecular flexibility index (Phi) is 52000. The van der Waals surface area contributed by atoms with Crippen LogP contribution in [0.1, 0.15) is 0 Å². The van der Waals surface area contributed by atoms with E-state index in [-0.39, 0.29) is 57.9 Å². The molecular formula is H10CuO5S. The van der Waals surface area contributed by atoms with Gasteiger partial charge in [0, 0.05) is 0 Å². The first-order valence-corrected chi connectivity index (χ1v) is 0. The van der Waals surface area contributed by atoms with Crippen molar-refractivity contribution >= 4 is 13.5 Å². The van der Waals surface area contributed by atoms with Gasteiger partial charge in [-0.3, -0.25) is 0 Å². The first-order valence-electron chi connectivity index (χ1n) is 0. The molecular weight excluding hydrogens is 176 g/mol. The summed E-state index contributed by atoms with van der Waals surface area (Å²) in [6, 6.07) is 0. The maximum absolute atomic E-state index is 0. The molecule has 1 radical (unpaired) electrons. The molecule has 0 unspecified atom stereocenters.